The summed E-state index contributed by atoms with van der Waals surface area (Å²) in [5.41, 5.74) is 11.1. The number of hydrogen-bond donors (Lipinski definition) is 1. The summed E-state index contributed by atoms with van der Waals surface area (Å²) in [4.78, 5) is 14.3. The van der Waals surface area contributed by atoms with Crippen LogP contribution in [0.3, 0.4) is 0 Å². The molecule has 0 aliphatic carbocycles. The first-order chi connectivity index (χ1) is 10.1. The van der Waals surface area contributed by atoms with Crippen molar-refractivity contribution in [3.8, 4) is 0 Å². The summed E-state index contributed by atoms with van der Waals surface area (Å²) in [7, 11) is 0. The monoisotopic (exact) mass is 280 g/mol. The number of rotatable bonds is 2. The van der Waals surface area contributed by atoms with Crippen LogP contribution in [0.5, 0.6) is 0 Å². The highest BCUT2D eigenvalue weighted by molar-refractivity contribution is 5.97. The molecule has 1 aliphatic rings. The molecular weight excluding hydrogens is 260 g/mol. The lowest BCUT2D eigenvalue weighted by Gasteiger charge is -2.35. The van der Waals surface area contributed by atoms with Gasteiger partial charge in [0, 0.05) is 17.8 Å². The minimum atomic E-state index is 0.0278. The van der Waals surface area contributed by atoms with E-state index in [1.807, 2.05) is 29.2 Å². The summed E-state index contributed by atoms with van der Waals surface area (Å²) in [5.74, 6) is 0.182. The zero-order valence-corrected chi connectivity index (χ0v) is 12.5. The summed E-state index contributed by atoms with van der Waals surface area (Å²) >= 11 is 0. The minimum Gasteiger partial charge on any atom is -0.399 e. The van der Waals surface area contributed by atoms with Gasteiger partial charge in [-0.05, 0) is 49.6 Å². The van der Waals surface area contributed by atoms with Gasteiger partial charge in [0.2, 0.25) is 5.91 Å². The van der Waals surface area contributed by atoms with Gasteiger partial charge >= 0.3 is 0 Å². The lowest BCUT2D eigenvalue weighted by atomic mass is 9.96. The lowest BCUT2D eigenvalue weighted by Crippen LogP contribution is -2.37. The Hall–Kier alpha value is -2.29. The first kappa shape index (κ1) is 13.7. The SMILES string of the molecule is Cc1cccc([C@H](C)N2C(=O)CCc3cc(N)ccc32)c1. The second-order valence-electron chi connectivity index (χ2n) is 5.74. The van der Waals surface area contributed by atoms with Gasteiger partial charge in [0.25, 0.3) is 0 Å². The van der Waals surface area contributed by atoms with Crippen LogP contribution in [0.15, 0.2) is 42.5 Å². The first-order valence-electron chi connectivity index (χ1n) is 7.33. The van der Waals surface area contributed by atoms with Crippen molar-refractivity contribution in [2.24, 2.45) is 0 Å². The molecule has 0 saturated carbocycles. The van der Waals surface area contributed by atoms with Crippen LogP contribution in [0.1, 0.15) is 36.1 Å². The van der Waals surface area contributed by atoms with Crippen molar-refractivity contribution >= 4 is 17.3 Å². The van der Waals surface area contributed by atoms with Crippen molar-refractivity contribution in [2.45, 2.75) is 32.7 Å². The van der Waals surface area contributed by atoms with Gasteiger partial charge in [-0.25, -0.2) is 0 Å². The van der Waals surface area contributed by atoms with E-state index in [1.54, 1.807) is 0 Å². The molecule has 1 heterocycles. The van der Waals surface area contributed by atoms with E-state index in [4.69, 9.17) is 5.73 Å². The zero-order chi connectivity index (χ0) is 15.0. The van der Waals surface area contributed by atoms with Gasteiger partial charge < -0.3 is 10.6 Å². The summed E-state index contributed by atoms with van der Waals surface area (Å²) in [6.07, 6.45) is 1.32. The third-order valence-electron chi connectivity index (χ3n) is 4.15. The number of amides is 1. The highest BCUT2D eigenvalue weighted by Gasteiger charge is 2.28. The Labute approximate surface area is 125 Å². The molecule has 0 spiro atoms. The molecular formula is C18H20N2O. The Morgan fingerprint density at radius 3 is 2.71 bits per heavy atom. The van der Waals surface area contributed by atoms with Gasteiger partial charge in [0.05, 0.1) is 6.04 Å². The fourth-order valence-electron chi connectivity index (χ4n) is 3.04. The van der Waals surface area contributed by atoms with Crippen molar-refractivity contribution in [3.63, 3.8) is 0 Å². The van der Waals surface area contributed by atoms with E-state index in [0.29, 0.717) is 6.42 Å². The molecule has 21 heavy (non-hydrogen) atoms. The molecule has 2 aromatic carbocycles. The summed E-state index contributed by atoms with van der Waals surface area (Å²) in [6, 6.07) is 14.2. The fraction of sp³-hybridized carbons (Fsp3) is 0.278. The van der Waals surface area contributed by atoms with Crippen LogP contribution in [-0.4, -0.2) is 5.91 Å². The van der Waals surface area contributed by atoms with E-state index in [1.165, 1.54) is 5.56 Å². The summed E-state index contributed by atoms with van der Waals surface area (Å²) in [5, 5.41) is 0. The molecule has 1 amide bonds. The molecule has 0 radical (unpaired) electrons. The number of aryl methyl sites for hydroxylation is 2. The molecule has 3 rings (SSSR count). The van der Waals surface area contributed by atoms with E-state index in [0.717, 1.165) is 28.9 Å². The molecule has 2 N–H and O–H groups in total. The van der Waals surface area contributed by atoms with E-state index in [9.17, 15) is 4.79 Å². The number of nitrogen functional groups attached to an aromatic ring is 1. The van der Waals surface area contributed by atoms with E-state index >= 15 is 0 Å². The van der Waals surface area contributed by atoms with Crippen LogP contribution in [-0.2, 0) is 11.2 Å². The topological polar surface area (TPSA) is 46.3 Å². The lowest BCUT2D eigenvalue weighted by molar-refractivity contribution is -0.119. The average molecular weight is 280 g/mol. The highest BCUT2D eigenvalue weighted by atomic mass is 16.2. The van der Waals surface area contributed by atoms with Crippen molar-refractivity contribution in [3.05, 3.63) is 59.2 Å². The Morgan fingerprint density at radius 1 is 1.14 bits per heavy atom. The molecule has 2 aromatic rings. The third-order valence-corrected chi connectivity index (χ3v) is 4.15. The van der Waals surface area contributed by atoms with Gasteiger partial charge in [0.15, 0.2) is 0 Å². The third kappa shape index (κ3) is 2.51. The predicted octanol–water partition coefficient (Wildman–Crippen LogP) is 3.62. The molecule has 1 aliphatic heterocycles. The van der Waals surface area contributed by atoms with Crippen LogP contribution < -0.4 is 10.6 Å². The second-order valence-corrected chi connectivity index (χ2v) is 5.74. The van der Waals surface area contributed by atoms with Crippen LogP contribution in [0, 0.1) is 6.92 Å². The highest BCUT2D eigenvalue weighted by Crippen LogP contribution is 2.35. The molecule has 108 valence electrons. The van der Waals surface area contributed by atoms with Crippen LogP contribution >= 0.6 is 0 Å². The minimum absolute atomic E-state index is 0.0278. The average Bonchev–Trinajstić information content (AvgIpc) is 2.47. The Balaban J connectivity index is 2.03. The van der Waals surface area contributed by atoms with Crippen molar-refractivity contribution in [1.29, 1.82) is 0 Å². The van der Waals surface area contributed by atoms with Crippen molar-refractivity contribution < 1.29 is 4.79 Å². The smallest absolute Gasteiger partial charge is 0.227 e. The fourth-order valence-corrected chi connectivity index (χ4v) is 3.04. The molecule has 0 unspecified atom stereocenters. The predicted molar refractivity (Wildman–Crippen MR) is 86.3 cm³/mol. The van der Waals surface area contributed by atoms with Crippen LogP contribution in [0.2, 0.25) is 0 Å². The molecule has 0 fully saturated rings. The second kappa shape index (κ2) is 5.24. The largest absolute Gasteiger partial charge is 0.399 e. The van der Waals surface area contributed by atoms with Crippen molar-refractivity contribution in [1.82, 2.24) is 0 Å². The number of hydrogen-bond acceptors (Lipinski definition) is 2. The van der Waals surface area contributed by atoms with Gasteiger partial charge in [-0.3, -0.25) is 4.79 Å². The maximum absolute atomic E-state index is 12.4. The number of fused-ring (bicyclic) bond motifs is 1. The molecule has 0 aromatic heterocycles. The quantitative estimate of drug-likeness (QED) is 0.854. The Morgan fingerprint density at radius 2 is 1.95 bits per heavy atom. The van der Waals surface area contributed by atoms with Crippen LogP contribution in [0.25, 0.3) is 0 Å². The number of benzene rings is 2. The van der Waals surface area contributed by atoms with E-state index in [-0.39, 0.29) is 11.9 Å². The van der Waals surface area contributed by atoms with Gasteiger partial charge in [-0.1, -0.05) is 29.8 Å². The molecule has 1 atom stereocenters. The van der Waals surface area contributed by atoms with Gasteiger partial charge in [-0.15, -0.1) is 0 Å². The van der Waals surface area contributed by atoms with Gasteiger partial charge in [-0.2, -0.15) is 0 Å². The molecule has 3 nitrogen and oxygen atoms in total. The summed E-state index contributed by atoms with van der Waals surface area (Å²) < 4.78 is 0. The number of anilines is 2. The zero-order valence-electron chi connectivity index (χ0n) is 12.5. The number of nitrogens with zero attached hydrogens (tertiary/aromatic N) is 1. The number of nitrogens with two attached hydrogens (primary N) is 1. The summed E-state index contributed by atoms with van der Waals surface area (Å²) in [6.45, 7) is 4.15. The Kier molecular flexibility index (Phi) is 3.42. The first-order valence-corrected chi connectivity index (χ1v) is 7.33. The molecule has 3 heteroatoms. The van der Waals surface area contributed by atoms with Gasteiger partial charge in [0.1, 0.15) is 0 Å². The number of carbonyl (C=O) groups excluding carboxylic acids is 1. The van der Waals surface area contributed by atoms with E-state index in [2.05, 4.69) is 32.0 Å². The van der Waals surface area contributed by atoms with E-state index < -0.39 is 0 Å². The van der Waals surface area contributed by atoms with Crippen LogP contribution in [0.4, 0.5) is 11.4 Å². The van der Waals surface area contributed by atoms with Crippen molar-refractivity contribution in [2.75, 3.05) is 10.6 Å². The number of carbonyl (C=O) groups is 1. The molecule has 0 saturated heterocycles. The molecule has 0 bridgehead atoms. The maximum Gasteiger partial charge on any atom is 0.227 e. The normalized spacial score (nSPS) is 15.7. The maximum atomic E-state index is 12.4. The standard InChI is InChI=1S/C18H20N2O/c1-12-4-3-5-14(10-12)13(2)20-17-8-7-16(19)11-15(17)6-9-18(20)21/h3-5,7-8,10-11,13H,6,9,19H2,1-2H3/t13-/m0/s1. The Bertz CT molecular complexity index is 693.